The van der Waals surface area contributed by atoms with Crippen molar-refractivity contribution < 1.29 is 4.74 Å². The summed E-state index contributed by atoms with van der Waals surface area (Å²) >= 11 is 0. The average molecular weight is 425 g/mol. The van der Waals surface area contributed by atoms with Crippen LogP contribution >= 0.6 is 0 Å². The Bertz CT molecular complexity index is 1240. The van der Waals surface area contributed by atoms with E-state index in [-0.39, 0.29) is 6.10 Å². The van der Waals surface area contributed by atoms with E-state index < -0.39 is 5.54 Å². The fourth-order valence-corrected chi connectivity index (χ4v) is 3.87. The van der Waals surface area contributed by atoms with Gasteiger partial charge in [-0.3, -0.25) is 4.68 Å². The van der Waals surface area contributed by atoms with Crippen LogP contribution in [0.15, 0.2) is 48.8 Å². The van der Waals surface area contributed by atoms with Gasteiger partial charge in [-0.05, 0) is 68.5 Å². The van der Waals surface area contributed by atoms with E-state index in [1.165, 1.54) is 11.8 Å². The number of rotatable bonds is 6. The summed E-state index contributed by atoms with van der Waals surface area (Å²) in [5.41, 5.74) is 4.37. The number of benzene rings is 2. The van der Waals surface area contributed by atoms with Crippen molar-refractivity contribution in [2.75, 3.05) is 5.32 Å². The maximum atomic E-state index is 9.33. The first-order valence-electron chi connectivity index (χ1n) is 10.5. The SMILES string of the molecule is CC(C)(C#N)n1cc(Nc2cc(OC3CCCc4cc(C#N)ccc43)ccc2C=N)cn1. The molecule has 0 fully saturated rings. The highest BCUT2D eigenvalue weighted by Crippen LogP contribution is 2.35. The predicted molar refractivity (Wildman–Crippen MR) is 122 cm³/mol. The molecule has 2 aromatic carbocycles. The monoisotopic (exact) mass is 424 g/mol. The number of nitriles is 2. The Morgan fingerprint density at radius 1 is 1.25 bits per heavy atom. The minimum absolute atomic E-state index is 0.0793. The summed E-state index contributed by atoms with van der Waals surface area (Å²) in [6.07, 6.45) is 7.50. The lowest BCUT2D eigenvalue weighted by atomic mass is 9.88. The van der Waals surface area contributed by atoms with Gasteiger partial charge < -0.3 is 15.5 Å². The van der Waals surface area contributed by atoms with E-state index in [4.69, 9.17) is 10.1 Å². The standard InChI is InChI=1S/C25H24N6O/c1-25(2,16-28)31-15-20(14-29-31)30-23-11-21(8-7-19(23)13-27)32-24-5-3-4-18-10-17(12-26)6-9-22(18)24/h6-11,13-15,24,27,30H,3-5H2,1-2H3. The number of aromatic nitrogens is 2. The lowest BCUT2D eigenvalue weighted by molar-refractivity contribution is 0.183. The molecule has 1 unspecified atom stereocenters. The second kappa shape index (κ2) is 8.56. The molecule has 0 aliphatic heterocycles. The zero-order valence-corrected chi connectivity index (χ0v) is 18.1. The van der Waals surface area contributed by atoms with E-state index in [2.05, 4.69) is 22.6 Å². The van der Waals surface area contributed by atoms with Crippen LogP contribution in [0.2, 0.25) is 0 Å². The van der Waals surface area contributed by atoms with Crippen molar-refractivity contribution >= 4 is 17.6 Å². The molecule has 3 aromatic rings. The van der Waals surface area contributed by atoms with Crippen molar-refractivity contribution in [1.82, 2.24) is 9.78 Å². The summed E-state index contributed by atoms with van der Waals surface area (Å²) < 4.78 is 7.95. The molecule has 2 N–H and O–H groups in total. The highest BCUT2D eigenvalue weighted by molar-refractivity contribution is 5.87. The van der Waals surface area contributed by atoms with Crippen molar-refractivity contribution in [3.05, 3.63) is 71.0 Å². The largest absolute Gasteiger partial charge is 0.486 e. The van der Waals surface area contributed by atoms with Gasteiger partial charge in [-0.15, -0.1) is 0 Å². The first kappa shape index (κ1) is 21.1. The zero-order valence-electron chi connectivity index (χ0n) is 18.1. The molecule has 0 saturated heterocycles. The molecule has 4 rings (SSSR count). The third-order valence-corrected chi connectivity index (χ3v) is 5.70. The summed E-state index contributed by atoms with van der Waals surface area (Å²) in [5, 5.41) is 33.8. The maximum absolute atomic E-state index is 9.33. The van der Waals surface area contributed by atoms with Gasteiger partial charge in [-0.25, -0.2) is 0 Å². The number of hydrogen-bond donors (Lipinski definition) is 2. The normalized spacial score (nSPS) is 15.2. The molecule has 32 heavy (non-hydrogen) atoms. The van der Waals surface area contributed by atoms with Crippen LogP contribution in [0.1, 0.15) is 55.0 Å². The Balaban J connectivity index is 1.58. The third kappa shape index (κ3) is 4.19. The van der Waals surface area contributed by atoms with E-state index in [1.54, 1.807) is 30.9 Å². The minimum Gasteiger partial charge on any atom is -0.486 e. The first-order chi connectivity index (χ1) is 15.4. The summed E-state index contributed by atoms with van der Waals surface area (Å²) in [6.45, 7) is 3.59. The quantitative estimate of drug-likeness (QED) is 0.528. The number of hydrogen-bond acceptors (Lipinski definition) is 6. The summed E-state index contributed by atoms with van der Waals surface area (Å²) in [5.74, 6) is 0.699. The predicted octanol–water partition coefficient (Wildman–Crippen LogP) is 5.21. The molecule has 7 nitrogen and oxygen atoms in total. The lowest BCUT2D eigenvalue weighted by Gasteiger charge is -2.27. The molecule has 0 radical (unpaired) electrons. The van der Waals surface area contributed by atoms with Gasteiger partial charge in [0.05, 0.1) is 41.5 Å². The average Bonchev–Trinajstić information content (AvgIpc) is 3.28. The second-order valence-corrected chi connectivity index (χ2v) is 8.39. The van der Waals surface area contributed by atoms with Gasteiger partial charge in [0.25, 0.3) is 0 Å². The summed E-state index contributed by atoms with van der Waals surface area (Å²) in [4.78, 5) is 0. The highest BCUT2D eigenvalue weighted by atomic mass is 16.5. The second-order valence-electron chi connectivity index (χ2n) is 8.39. The zero-order chi connectivity index (χ0) is 22.7. The minimum atomic E-state index is -0.755. The molecule has 1 aliphatic rings. The van der Waals surface area contributed by atoms with Crippen molar-refractivity contribution in [3.8, 4) is 17.9 Å². The molecule has 1 aliphatic carbocycles. The number of nitrogens with one attached hydrogen (secondary N) is 2. The van der Waals surface area contributed by atoms with Crippen LogP contribution in [-0.4, -0.2) is 16.0 Å². The molecule has 0 amide bonds. The Morgan fingerprint density at radius 2 is 2.09 bits per heavy atom. The van der Waals surface area contributed by atoms with Gasteiger partial charge >= 0.3 is 0 Å². The molecular weight excluding hydrogens is 400 g/mol. The van der Waals surface area contributed by atoms with Crippen molar-refractivity contribution in [2.45, 2.75) is 44.8 Å². The van der Waals surface area contributed by atoms with E-state index in [1.807, 2.05) is 36.4 Å². The molecule has 7 heteroatoms. The topological polar surface area (TPSA) is 111 Å². The number of fused-ring (bicyclic) bond motifs is 1. The molecule has 0 bridgehead atoms. The highest BCUT2D eigenvalue weighted by Gasteiger charge is 2.23. The van der Waals surface area contributed by atoms with Gasteiger partial charge in [-0.1, -0.05) is 6.07 Å². The Morgan fingerprint density at radius 3 is 2.84 bits per heavy atom. The molecule has 0 spiro atoms. The Kier molecular flexibility index (Phi) is 5.66. The van der Waals surface area contributed by atoms with Crippen LogP contribution < -0.4 is 10.1 Å². The van der Waals surface area contributed by atoms with Crippen LogP contribution in [0.3, 0.4) is 0 Å². The van der Waals surface area contributed by atoms with E-state index in [0.29, 0.717) is 16.9 Å². The number of anilines is 2. The van der Waals surface area contributed by atoms with E-state index in [0.717, 1.165) is 36.2 Å². The smallest absolute Gasteiger partial charge is 0.143 e. The van der Waals surface area contributed by atoms with Crippen molar-refractivity contribution in [3.63, 3.8) is 0 Å². The lowest BCUT2D eigenvalue weighted by Crippen LogP contribution is -2.24. The summed E-state index contributed by atoms with van der Waals surface area (Å²) in [6, 6.07) is 15.8. The number of aryl methyl sites for hydroxylation is 1. The molecule has 0 saturated carbocycles. The van der Waals surface area contributed by atoms with Crippen molar-refractivity contribution in [2.24, 2.45) is 0 Å². The molecule has 1 atom stereocenters. The van der Waals surface area contributed by atoms with Gasteiger partial charge in [0, 0.05) is 17.8 Å². The first-order valence-corrected chi connectivity index (χ1v) is 10.5. The van der Waals surface area contributed by atoms with Crippen LogP contribution in [-0.2, 0) is 12.0 Å². The Hall–Kier alpha value is -4.10. The van der Waals surface area contributed by atoms with Crippen molar-refractivity contribution in [1.29, 1.82) is 15.9 Å². The van der Waals surface area contributed by atoms with Gasteiger partial charge in [-0.2, -0.15) is 15.6 Å². The number of ether oxygens (including phenoxy) is 1. The molecular formula is C25H24N6O. The van der Waals surface area contributed by atoms with Crippen LogP contribution in [0.4, 0.5) is 11.4 Å². The van der Waals surface area contributed by atoms with Gasteiger partial charge in [0.1, 0.15) is 17.4 Å². The van der Waals surface area contributed by atoms with Crippen LogP contribution in [0, 0.1) is 28.1 Å². The van der Waals surface area contributed by atoms with Gasteiger partial charge in [0.15, 0.2) is 0 Å². The summed E-state index contributed by atoms with van der Waals surface area (Å²) in [7, 11) is 0. The third-order valence-electron chi connectivity index (χ3n) is 5.70. The van der Waals surface area contributed by atoms with E-state index in [9.17, 15) is 10.5 Å². The number of nitrogens with zero attached hydrogens (tertiary/aromatic N) is 4. The molecule has 160 valence electrons. The Labute approximate surface area is 187 Å². The maximum Gasteiger partial charge on any atom is 0.143 e. The molecule has 1 aromatic heterocycles. The van der Waals surface area contributed by atoms with E-state index >= 15 is 0 Å². The fourth-order valence-electron chi connectivity index (χ4n) is 3.87. The van der Waals surface area contributed by atoms with Gasteiger partial charge in [0.2, 0.25) is 0 Å². The van der Waals surface area contributed by atoms with Crippen LogP contribution in [0.25, 0.3) is 0 Å². The molecule has 1 heterocycles. The fraction of sp³-hybridized carbons (Fsp3) is 0.280. The van der Waals surface area contributed by atoms with Crippen LogP contribution in [0.5, 0.6) is 5.75 Å².